The molecule has 2 aromatic rings. The molecule has 1 N–H and O–H groups in total. The molecule has 1 aromatic heterocycles. The molecule has 3 rings (SSSR count). The number of hydrogen-bond donors (Lipinski definition) is 1. The van der Waals surface area contributed by atoms with Gasteiger partial charge >= 0.3 is 6.03 Å². The average molecular weight is 458 g/mol. The summed E-state index contributed by atoms with van der Waals surface area (Å²) in [6.45, 7) is 10.4. The summed E-state index contributed by atoms with van der Waals surface area (Å²) in [6.07, 6.45) is 1.70. The molecule has 1 atom stereocenters. The molecule has 0 fully saturated rings. The molecule has 0 spiro atoms. The molecule has 32 heavy (non-hydrogen) atoms. The summed E-state index contributed by atoms with van der Waals surface area (Å²) < 4.78 is 6.17. The third kappa shape index (κ3) is 6.03. The number of amides is 3. The molecule has 0 aliphatic carbocycles. The molecule has 0 radical (unpaired) electrons. The number of carbonyl (C=O) groups is 2. The van der Waals surface area contributed by atoms with Crippen molar-refractivity contribution in [3.05, 3.63) is 51.7 Å². The van der Waals surface area contributed by atoms with Crippen LogP contribution in [0.4, 0.5) is 4.79 Å². The van der Waals surface area contributed by atoms with Crippen molar-refractivity contribution in [2.45, 2.75) is 46.6 Å². The Morgan fingerprint density at radius 2 is 2.06 bits per heavy atom. The molecule has 7 heteroatoms. The zero-order valence-electron chi connectivity index (χ0n) is 19.6. The molecular weight excluding hydrogens is 422 g/mol. The number of urea groups is 1. The van der Waals surface area contributed by atoms with Gasteiger partial charge in [-0.05, 0) is 61.2 Å². The van der Waals surface area contributed by atoms with Crippen LogP contribution in [0.25, 0.3) is 0 Å². The Balaban J connectivity index is 1.76. The lowest BCUT2D eigenvalue weighted by Gasteiger charge is -2.37. The first kappa shape index (κ1) is 24.1. The lowest BCUT2D eigenvalue weighted by Crippen LogP contribution is -2.50. The number of hydrogen-bond acceptors (Lipinski definition) is 4. The molecule has 2 heterocycles. The van der Waals surface area contributed by atoms with Gasteiger partial charge in [-0.3, -0.25) is 4.79 Å². The molecule has 0 saturated carbocycles. The van der Waals surface area contributed by atoms with Crippen LogP contribution in [0.5, 0.6) is 5.75 Å². The number of fused-ring (bicyclic) bond motifs is 1. The molecule has 1 aromatic carbocycles. The first-order chi connectivity index (χ1) is 15.4. The van der Waals surface area contributed by atoms with Gasteiger partial charge in [-0.2, -0.15) is 0 Å². The van der Waals surface area contributed by atoms with Crippen LogP contribution in [0, 0.1) is 12.8 Å². The number of ether oxygens (including phenoxy) is 1. The van der Waals surface area contributed by atoms with E-state index in [0.717, 1.165) is 29.7 Å². The summed E-state index contributed by atoms with van der Waals surface area (Å²) in [5.74, 6) is 1.26. The highest BCUT2D eigenvalue weighted by molar-refractivity contribution is 7.10. The number of para-hydroxylation sites is 1. The van der Waals surface area contributed by atoms with Crippen molar-refractivity contribution >= 4 is 23.3 Å². The largest absolute Gasteiger partial charge is 0.491 e. The van der Waals surface area contributed by atoms with Gasteiger partial charge in [-0.15, -0.1) is 11.3 Å². The van der Waals surface area contributed by atoms with E-state index in [1.807, 2.05) is 43.0 Å². The molecule has 0 bridgehead atoms. The fourth-order valence-corrected chi connectivity index (χ4v) is 4.87. The second-order valence-corrected chi connectivity index (χ2v) is 9.67. The van der Waals surface area contributed by atoms with Gasteiger partial charge in [0.1, 0.15) is 18.9 Å². The Labute approximate surface area is 195 Å². The smallest absolute Gasteiger partial charge is 0.317 e. The maximum absolute atomic E-state index is 13.4. The van der Waals surface area contributed by atoms with Crippen molar-refractivity contribution in [2.24, 2.45) is 5.92 Å². The van der Waals surface area contributed by atoms with Gasteiger partial charge in [-0.1, -0.05) is 32.0 Å². The Hall–Kier alpha value is -2.54. The Morgan fingerprint density at radius 3 is 2.78 bits per heavy atom. The molecule has 174 valence electrons. The maximum Gasteiger partial charge on any atom is 0.317 e. The van der Waals surface area contributed by atoms with Gasteiger partial charge in [0.25, 0.3) is 0 Å². The highest BCUT2D eigenvalue weighted by Crippen LogP contribution is 2.34. The fourth-order valence-electron chi connectivity index (χ4n) is 3.95. The number of nitrogens with zero attached hydrogens (tertiary/aromatic N) is 2. The standard InChI is InChI=1S/C25H35N3O3S/c1-5-26-25(30)27(13-10-18(2)3)16-24(29)28-14-11-23-20(12-15-32-23)21(28)17-31-22-9-7-6-8-19(22)4/h6-9,12,15,18,21H,5,10-11,13-14,16-17H2,1-4H3,(H,26,30). The Morgan fingerprint density at radius 1 is 1.28 bits per heavy atom. The third-order valence-electron chi connectivity index (χ3n) is 5.82. The van der Waals surface area contributed by atoms with E-state index in [1.165, 1.54) is 4.88 Å². The van der Waals surface area contributed by atoms with Crippen LogP contribution in [0.3, 0.4) is 0 Å². The summed E-state index contributed by atoms with van der Waals surface area (Å²) in [5.41, 5.74) is 2.23. The van der Waals surface area contributed by atoms with Crippen molar-refractivity contribution in [1.82, 2.24) is 15.1 Å². The highest BCUT2D eigenvalue weighted by atomic mass is 32.1. The van der Waals surface area contributed by atoms with Crippen LogP contribution in [-0.2, 0) is 11.2 Å². The summed E-state index contributed by atoms with van der Waals surface area (Å²) >= 11 is 1.74. The van der Waals surface area contributed by atoms with Gasteiger partial charge in [0.2, 0.25) is 5.91 Å². The SMILES string of the molecule is CCNC(=O)N(CCC(C)C)CC(=O)N1CCc2sccc2C1COc1ccccc1C. The normalized spacial score (nSPS) is 15.4. The molecule has 1 unspecified atom stereocenters. The lowest BCUT2D eigenvalue weighted by molar-refractivity contribution is -0.135. The van der Waals surface area contributed by atoms with E-state index in [-0.39, 0.29) is 24.5 Å². The minimum Gasteiger partial charge on any atom is -0.491 e. The number of nitrogens with one attached hydrogen (secondary N) is 1. The Bertz CT molecular complexity index is 911. The van der Waals surface area contributed by atoms with E-state index in [1.54, 1.807) is 16.2 Å². The van der Waals surface area contributed by atoms with Crippen molar-refractivity contribution in [1.29, 1.82) is 0 Å². The average Bonchev–Trinajstić information content (AvgIpc) is 3.25. The monoisotopic (exact) mass is 457 g/mol. The zero-order chi connectivity index (χ0) is 23.1. The van der Waals surface area contributed by atoms with Gasteiger partial charge in [0.15, 0.2) is 0 Å². The number of carbonyl (C=O) groups excluding carboxylic acids is 2. The molecule has 6 nitrogen and oxygen atoms in total. The van der Waals surface area contributed by atoms with Crippen molar-refractivity contribution in [3.8, 4) is 5.75 Å². The molecule has 1 aliphatic heterocycles. The minimum absolute atomic E-state index is 0.0322. The van der Waals surface area contributed by atoms with E-state index in [0.29, 0.717) is 32.2 Å². The second-order valence-electron chi connectivity index (χ2n) is 8.67. The van der Waals surface area contributed by atoms with Gasteiger partial charge in [-0.25, -0.2) is 4.79 Å². The first-order valence-corrected chi connectivity index (χ1v) is 12.4. The predicted molar refractivity (Wildman–Crippen MR) is 129 cm³/mol. The van der Waals surface area contributed by atoms with Crippen molar-refractivity contribution in [2.75, 3.05) is 32.8 Å². The maximum atomic E-state index is 13.4. The van der Waals surface area contributed by atoms with E-state index < -0.39 is 0 Å². The van der Waals surface area contributed by atoms with Crippen LogP contribution in [-0.4, -0.2) is 54.5 Å². The van der Waals surface area contributed by atoms with E-state index >= 15 is 0 Å². The van der Waals surface area contributed by atoms with Gasteiger partial charge < -0.3 is 19.9 Å². The zero-order valence-corrected chi connectivity index (χ0v) is 20.4. The minimum atomic E-state index is -0.178. The van der Waals surface area contributed by atoms with Crippen LogP contribution in [0.2, 0.25) is 0 Å². The molecule has 0 saturated heterocycles. The number of thiophene rings is 1. The lowest BCUT2D eigenvalue weighted by atomic mass is 10.00. The summed E-state index contributed by atoms with van der Waals surface area (Å²) in [5, 5.41) is 4.93. The summed E-state index contributed by atoms with van der Waals surface area (Å²) in [4.78, 5) is 30.9. The fraction of sp³-hybridized carbons (Fsp3) is 0.520. The van der Waals surface area contributed by atoms with Crippen molar-refractivity contribution in [3.63, 3.8) is 0 Å². The second kappa shape index (κ2) is 11.4. The molecular formula is C25H35N3O3S. The Kier molecular flexibility index (Phi) is 8.56. The van der Waals surface area contributed by atoms with Crippen LogP contribution < -0.4 is 10.1 Å². The topological polar surface area (TPSA) is 61.9 Å². The van der Waals surface area contributed by atoms with Crippen LogP contribution >= 0.6 is 11.3 Å². The highest BCUT2D eigenvalue weighted by Gasteiger charge is 2.33. The van der Waals surface area contributed by atoms with E-state index in [4.69, 9.17) is 4.74 Å². The number of rotatable bonds is 9. The van der Waals surface area contributed by atoms with E-state index in [9.17, 15) is 9.59 Å². The number of aryl methyl sites for hydroxylation is 1. The van der Waals surface area contributed by atoms with E-state index in [2.05, 4.69) is 30.6 Å². The van der Waals surface area contributed by atoms with Crippen LogP contribution in [0.15, 0.2) is 35.7 Å². The number of benzene rings is 1. The van der Waals surface area contributed by atoms with Gasteiger partial charge in [0.05, 0.1) is 6.04 Å². The first-order valence-electron chi connectivity index (χ1n) is 11.5. The third-order valence-corrected chi connectivity index (χ3v) is 6.82. The molecule has 1 aliphatic rings. The van der Waals surface area contributed by atoms with Gasteiger partial charge in [0, 0.05) is 24.5 Å². The molecule has 3 amide bonds. The quantitative estimate of drug-likeness (QED) is 0.597. The summed E-state index contributed by atoms with van der Waals surface area (Å²) in [7, 11) is 0. The summed E-state index contributed by atoms with van der Waals surface area (Å²) in [6, 6.07) is 9.70. The van der Waals surface area contributed by atoms with Crippen LogP contribution in [0.1, 0.15) is 49.2 Å². The van der Waals surface area contributed by atoms with Crippen molar-refractivity contribution < 1.29 is 14.3 Å². The predicted octanol–water partition coefficient (Wildman–Crippen LogP) is 4.64.